The molecule has 17 heteroatoms. The van der Waals surface area contributed by atoms with E-state index in [4.69, 9.17) is 0 Å². The summed E-state index contributed by atoms with van der Waals surface area (Å²) in [5.74, 6) is 0. The van der Waals surface area contributed by atoms with Gasteiger partial charge in [-0.1, -0.05) is 30.3 Å². The SMILES string of the molecule is O=[N+]([O-])c1ccc(Sc2nc(-c3ccccc3)cc(C(F)(F)F)n2)c(/C=N\Nc2ccc([N+](=O)[O-])cc2[N+](=O)[O-])c1. The molecular formula is C24H14F3N7O6S. The lowest BCUT2D eigenvalue weighted by Crippen LogP contribution is -2.10. The molecule has 1 heterocycles. The van der Waals surface area contributed by atoms with Crippen molar-refractivity contribution in [2.75, 3.05) is 5.43 Å². The van der Waals surface area contributed by atoms with Crippen LogP contribution in [0.3, 0.4) is 0 Å². The van der Waals surface area contributed by atoms with Gasteiger partial charge in [0.2, 0.25) is 0 Å². The van der Waals surface area contributed by atoms with E-state index < -0.39 is 38.0 Å². The molecule has 4 rings (SSSR count). The van der Waals surface area contributed by atoms with Crippen LogP contribution in [-0.4, -0.2) is 31.0 Å². The van der Waals surface area contributed by atoms with Crippen molar-refractivity contribution < 1.29 is 27.9 Å². The Labute approximate surface area is 231 Å². The molecule has 0 atom stereocenters. The first kappa shape index (κ1) is 28.6. The third kappa shape index (κ3) is 6.95. The number of non-ortho nitro benzene ring substituents is 2. The van der Waals surface area contributed by atoms with E-state index in [1.807, 2.05) is 0 Å². The van der Waals surface area contributed by atoms with E-state index in [-0.39, 0.29) is 32.7 Å². The van der Waals surface area contributed by atoms with Gasteiger partial charge in [0.05, 0.1) is 32.7 Å². The number of nitrogens with one attached hydrogen (secondary N) is 1. The second-order valence-electron chi connectivity index (χ2n) is 7.95. The van der Waals surface area contributed by atoms with Gasteiger partial charge in [-0.25, -0.2) is 9.97 Å². The van der Waals surface area contributed by atoms with Gasteiger partial charge in [0.25, 0.3) is 11.4 Å². The van der Waals surface area contributed by atoms with Gasteiger partial charge in [-0.3, -0.25) is 35.8 Å². The molecule has 208 valence electrons. The van der Waals surface area contributed by atoms with Crippen LogP contribution in [-0.2, 0) is 6.18 Å². The van der Waals surface area contributed by atoms with E-state index in [2.05, 4.69) is 20.5 Å². The first-order chi connectivity index (χ1) is 19.4. The minimum absolute atomic E-state index is 0.000277. The van der Waals surface area contributed by atoms with Crippen molar-refractivity contribution in [3.63, 3.8) is 0 Å². The predicted octanol–water partition coefficient (Wildman–Crippen LogP) is 6.48. The Morgan fingerprint density at radius 1 is 0.829 bits per heavy atom. The molecular weight excluding hydrogens is 571 g/mol. The Hall–Kier alpha value is -5.45. The van der Waals surface area contributed by atoms with Crippen molar-refractivity contribution in [2.24, 2.45) is 5.10 Å². The molecule has 0 bridgehead atoms. The molecule has 13 nitrogen and oxygen atoms in total. The van der Waals surface area contributed by atoms with Crippen molar-refractivity contribution >= 4 is 40.7 Å². The molecule has 0 spiro atoms. The van der Waals surface area contributed by atoms with Gasteiger partial charge in [0.15, 0.2) is 5.16 Å². The maximum atomic E-state index is 13.6. The van der Waals surface area contributed by atoms with Crippen molar-refractivity contribution in [1.82, 2.24) is 9.97 Å². The fourth-order valence-corrected chi connectivity index (χ4v) is 4.22. The van der Waals surface area contributed by atoms with Gasteiger partial charge >= 0.3 is 11.9 Å². The highest BCUT2D eigenvalue weighted by atomic mass is 32.2. The summed E-state index contributed by atoms with van der Waals surface area (Å²) in [5.41, 5.74) is -0.163. The highest BCUT2D eigenvalue weighted by Gasteiger charge is 2.34. The summed E-state index contributed by atoms with van der Waals surface area (Å²) < 4.78 is 40.9. The molecule has 1 N–H and O–H groups in total. The lowest BCUT2D eigenvalue weighted by atomic mass is 10.1. The number of hydrogen-bond acceptors (Lipinski definition) is 11. The number of anilines is 1. The Balaban J connectivity index is 1.71. The zero-order valence-corrected chi connectivity index (χ0v) is 21.0. The van der Waals surface area contributed by atoms with E-state index in [9.17, 15) is 43.5 Å². The first-order valence-corrected chi connectivity index (χ1v) is 11.9. The quantitative estimate of drug-likeness (QED) is 0.0988. The van der Waals surface area contributed by atoms with Crippen LogP contribution in [0.25, 0.3) is 11.3 Å². The number of halogens is 3. The maximum absolute atomic E-state index is 13.6. The summed E-state index contributed by atoms with van der Waals surface area (Å²) in [6.07, 6.45) is -3.74. The van der Waals surface area contributed by atoms with Crippen molar-refractivity contribution in [1.29, 1.82) is 0 Å². The molecule has 41 heavy (non-hydrogen) atoms. The second kappa shape index (κ2) is 11.7. The summed E-state index contributed by atoms with van der Waals surface area (Å²) in [7, 11) is 0. The standard InChI is InChI=1S/C24H14F3N7O6S/c25-24(26,27)22-12-19(14-4-2-1-3-5-14)29-23(30-22)41-21-9-7-16(32(35)36)10-15(21)13-28-31-18-8-6-17(33(37)38)11-20(18)34(39)40/h1-13,31H/b28-13-. The van der Waals surface area contributed by atoms with Crippen molar-refractivity contribution in [3.05, 3.63) is 114 Å². The lowest BCUT2D eigenvalue weighted by molar-refractivity contribution is -0.393. The number of alkyl halides is 3. The first-order valence-electron chi connectivity index (χ1n) is 11.1. The highest BCUT2D eigenvalue weighted by Crippen LogP contribution is 2.35. The van der Waals surface area contributed by atoms with Crippen LogP contribution in [0.2, 0.25) is 0 Å². The largest absolute Gasteiger partial charge is 0.433 e. The molecule has 0 unspecified atom stereocenters. The van der Waals surface area contributed by atoms with Crippen LogP contribution in [0, 0.1) is 30.3 Å². The minimum Gasteiger partial charge on any atom is -0.272 e. The fourth-order valence-electron chi connectivity index (χ4n) is 3.36. The zero-order valence-electron chi connectivity index (χ0n) is 20.2. The highest BCUT2D eigenvalue weighted by molar-refractivity contribution is 7.99. The third-order valence-electron chi connectivity index (χ3n) is 5.25. The summed E-state index contributed by atoms with van der Waals surface area (Å²) in [5, 5.41) is 37.2. The molecule has 0 radical (unpaired) electrons. The monoisotopic (exact) mass is 585 g/mol. The average molecular weight is 585 g/mol. The number of rotatable bonds is 9. The number of aromatic nitrogens is 2. The fraction of sp³-hybridized carbons (Fsp3) is 0.0417. The van der Waals surface area contributed by atoms with Crippen LogP contribution in [0.15, 0.2) is 87.9 Å². The van der Waals surface area contributed by atoms with Gasteiger partial charge < -0.3 is 0 Å². The molecule has 0 fully saturated rings. The Bertz CT molecular complexity index is 1690. The molecule has 4 aromatic rings. The summed E-state index contributed by atoms with van der Waals surface area (Å²) >= 11 is 0.686. The molecule has 0 aliphatic heterocycles. The smallest absolute Gasteiger partial charge is 0.272 e. The topological polar surface area (TPSA) is 180 Å². The second-order valence-corrected chi connectivity index (χ2v) is 8.96. The molecule has 1 aromatic heterocycles. The molecule has 0 saturated heterocycles. The summed E-state index contributed by atoms with van der Waals surface area (Å²) in [4.78, 5) is 39.3. The summed E-state index contributed by atoms with van der Waals surface area (Å²) in [6, 6.07) is 15.2. The van der Waals surface area contributed by atoms with Gasteiger partial charge in [-0.05, 0) is 30.0 Å². The number of nitro benzene ring substituents is 3. The molecule has 0 aliphatic rings. The molecule has 0 aliphatic carbocycles. The molecule has 0 amide bonds. The van der Waals surface area contributed by atoms with Crippen LogP contribution in [0.4, 0.5) is 35.9 Å². The molecule has 3 aromatic carbocycles. The average Bonchev–Trinajstić information content (AvgIpc) is 2.93. The van der Waals surface area contributed by atoms with Gasteiger partial charge in [0.1, 0.15) is 11.4 Å². The van der Waals surface area contributed by atoms with E-state index in [0.29, 0.717) is 17.3 Å². The zero-order chi connectivity index (χ0) is 29.7. The number of benzene rings is 3. The number of hydrogen-bond donors (Lipinski definition) is 1. The number of hydrazone groups is 1. The van der Waals surface area contributed by atoms with Gasteiger partial charge in [0, 0.05) is 34.2 Å². The number of nitrogens with zero attached hydrogens (tertiary/aromatic N) is 6. The maximum Gasteiger partial charge on any atom is 0.433 e. The third-order valence-corrected chi connectivity index (χ3v) is 6.21. The minimum atomic E-state index is -4.79. The van der Waals surface area contributed by atoms with Crippen LogP contribution in [0.5, 0.6) is 0 Å². The van der Waals surface area contributed by atoms with Crippen molar-refractivity contribution in [2.45, 2.75) is 16.2 Å². The lowest BCUT2D eigenvalue weighted by Gasteiger charge is -2.11. The Kier molecular flexibility index (Phi) is 8.18. The normalized spacial score (nSPS) is 11.4. The van der Waals surface area contributed by atoms with Crippen LogP contribution in [0.1, 0.15) is 11.3 Å². The molecule has 0 saturated carbocycles. The van der Waals surface area contributed by atoms with Crippen LogP contribution < -0.4 is 5.43 Å². The number of nitro groups is 3. The summed E-state index contributed by atoms with van der Waals surface area (Å²) in [6.45, 7) is 0. The van der Waals surface area contributed by atoms with E-state index in [1.54, 1.807) is 30.3 Å². The van der Waals surface area contributed by atoms with Crippen LogP contribution >= 0.6 is 11.8 Å². The van der Waals surface area contributed by atoms with Gasteiger partial charge in [-0.15, -0.1) is 0 Å². The van der Waals surface area contributed by atoms with Crippen molar-refractivity contribution in [3.8, 4) is 11.3 Å². The van der Waals surface area contributed by atoms with Gasteiger partial charge in [-0.2, -0.15) is 18.3 Å². The predicted molar refractivity (Wildman–Crippen MR) is 141 cm³/mol. The Morgan fingerprint density at radius 3 is 2.12 bits per heavy atom. The van der Waals surface area contributed by atoms with E-state index >= 15 is 0 Å². The van der Waals surface area contributed by atoms with E-state index in [0.717, 1.165) is 42.6 Å². The Morgan fingerprint density at radius 2 is 1.49 bits per heavy atom. The van der Waals surface area contributed by atoms with E-state index in [1.165, 1.54) is 6.07 Å².